The molecule has 0 amide bonds. The lowest BCUT2D eigenvalue weighted by Crippen LogP contribution is -2.10. The van der Waals surface area contributed by atoms with E-state index in [1.165, 1.54) is 21.7 Å². The Morgan fingerprint density at radius 3 is 1.62 bits per heavy atom. The van der Waals surface area contributed by atoms with Crippen LogP contribution < -0.4 is 10.6 Å². The second-order valence-electron chi connectivity index (χ2n) is 3.73. The van der Waals surface area contributed by atoms with Crippen molar-refractivity contribution >= 4 is 41.3 Å². The van der Waals surface area contributed by atoms with Gasteiger partial charge in [0.15, 0.2) is 0 Å². The summed E-state index contributed by atoms with van der Waals surface area (Å²) in [5, 5.41) is 2.50. The monoisotopic (exact) mass is 244 g/mol. The van der Waals surface area contributed by atoms with Crippen LogP contribution >= 0.6 is 18.5 Å². The Balaban J connectivity index is 2.26. The highest BCUT2D eigenvalue weighted by atomic mass is 35.7. The minimum absolute atomic E-state index is 0.740. The second kappa shape index (κ2) is 4.05. The molecular formula is C14H10ClP. The van der Waals surface area contributed by atoms with Crippen LogP contribution in [0.1, 0.15) is 11.1 Å². The van der Waals surface area contributed by atoms with Gasteiger partial charge in [0.25, 0.3) is 0 Å². The van der Waals surface area contributed by atoms with Gasteiger partial charge < -0.3 is 0 Å². The molecule has 0 fully saturated rings. The van der Waals surface area contributed by atoms with Crippen LogP contribution in [0.2, 0.25) is 0 Å². The molecule has 0 unspecified atom stereocenters. The van der Waals surface area contributed by atoms with Crippen molar-refractivity contribution in [1.29, 1.82) is 0 Å². The molecule has 78 valence electrons. The highest BCUT2D eigenvalue weighted by molar-refractivity contribution is 7.95. The summed E-state index contributed by atoms with van der Waals surface area (Å²) >= 11 is 6.61. The lowest BCUT2D eigenvalue weighted by atomic mass is 10.1. The van der Waals surface area contributed by atoms with E-state index in [4.69, 9.17) is 11.2 Å². The molecule has 2 heteroatoms. The lowest BCUT2D eigenvalue weighted by molar-refractivity contribution is 1.73. The Bertz CT molecular complexity index is 511. The molecule has 0 spiro atoms. The maximum Gasteiger partial charge on any atom is 0.0536 e. The van der Waals surface area contributed by atoms with E-state index in [0.717, 1.165) is 0 Å². The van der Waals surface area contributed by atoms with E-state index in [9.17, 15) is 0 Å². The SMILES string of the molecule is ClP1c2ccccc2C=Cc2ccccc21. The number of hydrogen-bond donors (Lipinski definition) is 0. The van der Waals surface area contributed by atoms with Crippen molar-refractivity contribution in [2.24, 2.45) is 0 Å². The second-order valence-corrected chi connectivity index (χ2v) is 6.27. The van der Waals surface area contributed by atoms with Crippen LogP contribution in [0.15, 0.2) is 48.5 Å². The largest absolute Gasteiger partial charge is 0.0858 e. The van der Waals surface area contributed by atoms with Gasteiger partial charge >= 0.3 is 0 Å². The molecule has 0 atom stereocenters. The molecule has 0 aromatic heterocycles. The summed E-state index contributed by atoms with van der Waals surface area (Å²) in [5.74, 6) is 0. The zero-order chi connectivity index (χ0) is 11.0. The number of hydrogen-bond acceptors (Lipinski definition) is 0. The first-order valence-corrected chi connectivity index (χ1v) is 7.43. The van der Waals surface area contributed by atoms with Crippen molar-refractivity contribution < 1.29 is 0 Å². The van der Waals surface area contributed by atoms with E-state index in [-0.39, 0.29) is 0 Å². The molecule has 0 saturated carbocycles. The smallest absolute Gasteiger partial charge is 0.0536 e. The predicted molar refractivity (Wildman–Crippen MR) is 73.9 cm³/mol. The van der Waals surface area contributed by atoms with Crippen LogP contribution in [0.3, 0.4) is 0 Å². The summed E-state index contributed by atoms with van der Waals surface area (Å²) in [4.78, 5) is 0. The van der Waals surface area contributed by atoms with Crippen LogP contribution in [0, 0.1) is 0 Å². The van der Waals surface area contributed by atoms with E-state index in [0.29, 0.717) is 0 Å². The zero-order valence-corrected chi connectivity index (χ0v) is 10.2. The third-order valence-electron chi connectivity index (χ3n) is 2.74. The molecule has 16 heavy (non-hydrogen) atoms. The predicted octanol–water partition coefficient (Wildman–Crippen LogP) is 3.76. The lowest BCUT2D eigenvalue weighted by Gasteiger charge is -2.12. The Morgan fingerprint density at radius 2 is 1.12 bits per heavy atom. The molecular weight excluding hydrogens is 235 g/mol. The first-order valence-electron chi connectivity index (χ1n) is 5.18. The van der Waals surface area contributed by atoms with Gasteiger partial charge in [-0.05, 0) is 11.1 Å². The number of benzene rings is 2. The number of rotatable bonds is 0. The van der Waals surface area contributed by atoms with Gasteiger partial charge in [-0.15, -0.1) is 0 Å². The summed E-state index contributed by atoms with van der Waals surface area (Å²) in [6, 6.07) is 16.7. The summed E-state index contributed by atoms with van der Waals surface area (Å²) in [6.07, 6.45) is 4.30. The van der Waals surface area contributed by atoms with Crippen LogP contribution in [-0.2, 0) is 0 Å². The van der Waals surface area contributed by atoms with Crippen LogP contribution in [0.4, 0.5) is 0 Å². The Kier molecular flexibility index (Phi) is 2.55. The van der Waals surface area contributed by atoms with Gasteiger partial charge in [0.2, 0.25) is 0 Å². The molecule has 0 radical (unpaired) electrons. The molecule has 0 nitrogen and oxygen atoms in total. The molecule has 0 bridgehead atoms. The summed E-state index contributed by atoms with van der Waals surface area (Å²) in [7, 11) is -0.740. The third kappa shape index (κ3) is 1.59. The molecule has 0 N–H and O–H groups in total. The Morgan fingerprint density at radius 1 is 0.688 bits per heavy atom. The van der Waals surface area contributed by atoms with E-state index >= 15 is 0 Å². The molecule has 1 heterocycles. The van der Waals surface area contributed by atoms with Crippen molar-refractivity contribution in [2.45, 2.75) is 0 Å². The highest BCUT2D eigenvalue weighted by Crippen LogP contribution is 2.42. The molecule has 0 saturated heterocycles. The topological polar surface area (TPSA) is 0 Å². The average Bonchev–Trinajstić information content (AvgIpc) is 2.49. The van der Waals surface area contributed by atoms with E-state index < -0.39 is 7.27 Å². The first kappa shape index (κ1) is 10.1. The fourth-order valence-electron chi connectivity index (χ4n) is 1.92. The van der Waals surface area contributed by atoms with E-state index in [1.807, 2.05) is 0 Å². The van der Waals surface area contributed by atoms with Gasteiger partial charge in [-0.1, -0.05) is 71.9 Å². The minimum Gasteiger partial charge on any atom is -0.0858 e. The summed E-state index contributed by atoms with van der Waals surface area (Å²) in [5.41, 5.74) is 2.47. The average molecular weight is 245 g/mol. The zero-order valence-electron chi connectivity index (χ0n) is 8.60. The van der Waals surface area contributed by atoms with Crippen LogP contribution in [0.5, 0.6) is 0 Å². The third-order valence-corrected chi connectivity index (χ3v) is 5.49. The van der Waals surface area contributed by atoms with Crippen molar-refractivity contribution in [3.63, 3.8) is 0 Å². The number of halogens is 1. The van der Waals surface area contributed by atoms with Crippen molar-refractivity contribution in [1.82, 2.24) is 0 Å². The minimum atomic E-state index is -0.740. The summed E-state index contributed by atoms with van der Waals surface area (Å²) < 4.78 is 0. The highest BCUT2D eigenvalue weighted by Gasteiger charge is 2.18. The van der Waals surface area contributed by atoms with Gasteiger partial charge in [0, 0.05) is 10.6 Å². The maximum atomic E-state index is 6.61. The summed E-state index contributed by atoms with van der Waals surface area (Å²) in [6.45, 7) is 0. The normalized spacial score (nSPS) is 14.1. The van der Waals surface area contributed by atoms with Gasteiger partial charge in [-0.2, -0.15) is 0 Å². The van der Waals surface area contributed by atoms with Gasteiger partial charge in [-0.3, -0.25) is 0 Å². The van der Waals surface area contributed by atoms with Gasteiger partial charge in [0.1, 0.15) is 0 Å². The molecule has 2 aromatic rings. The molecule has 2 aromatic carbocycles. The molecule has 1 aliphatic heterocycles. The van der Waals surface area contributed by atoms with Crippen molar-refractivity contribution in [2.75, 3.05) is 0 Å². The Hall–Kier alpha value is -1.10. The molecule has 0 aliphatic carbocycles. The van der Waals surface area contributed by atoms with Crippen LogP contribution in [0.25, 0.3) is 12.2 Å². The Labute approximate surface area is 101 Å². The van der Waals surface area contributed by atoms with Gasteiger partial charge in [0.05, 0.1) is 7.27 Å². The molecule has 3 rings (SSSR count). The van der Waals surface area contributed by atoms with E-state index in [1.54, 1.807) is 0 Å². The first-order chi connectivity index (χ1) is 7.86. The maximum absolute atomic E-state index is 6.61. The fourth-order valence-corrected chi connectivity index (χ4v) is 4.29. The van der Waals surface area contributed by atoms with E-state index in [2.05, 4.69) is 60.7 Å². The quantitative estimate of drug-likeness (QED) is 0.619. The standard InChI is InChI=1S/C14H10ClP/c15-16-13-7-3-1-5-11(13)9-10-12-6-2-4-8-14(12)16/h1-10H. The molecule has 1 aliphatic rings. The van der Waals surface area contributed by atoms with Crippen LogP contribution in [-0.4, -0.2) is 0 Å². The number of fused-ring (bicyclic) bond motifs is 2. The van der Waals surface area contributed by atoms with Gasteiger partial charge in [-0.25, -0.2) is 0 Å². The van der Waals surface area contributed by atoms with Crippen molar-refractivity contribution in [3.8, 4) is 0 Å². The van der Waals surface area contributed by atoms with Crippen molar-refractivity contribution in [3.05, 3.63) is 59.7 Å². The fraction of sp³-hybridized carbons (Fsp3) is 0.